The molecule has 2 aromatic rings. The Morgan fingerprint density at radius 2 is 1.91 bits per heavy atom. The zero-order valence-corrected chi connectivity index (χ0v) is 13.2. The average molecular weight is 311 g/mol. The molecule has 2 aromatic carbocycles. The Bertz CT molecular complexity index is 777. The SMILES string of the molecule is CCCCNC(=S)N/N=C1/C(=O)c2cccc3cccc1c23. The lowest BCUT2D eigenvalue weighted by Crippen LogP contribution is -2.33. The third kappa shape index (κ3) is 2.60. The number of thiocarbonyl (C=S) groups is 1. The smallest absolute Gasteiger partial charge is 0.214 e. The maximum absolute atomic E-state index is 12.5. The number of benzene rings is 2. The molecule has 0 amide bonds. The van der Waals surface area contributed by atoms with Gasteiger partial charge in [-0.25, -0.2) is 0 Å². The van der Waals surface area contributed by atoms with E-state index >= 15 is 0 Å². The van der Waals surface area contributed by atoms with E-state index in [-0.39, 0.29) is 5.78 Å². The van der Waals surface area contributed by atoms with Gasteiger partial charge in [-0.1, -0.05) is 49.7 Å². The summed E-state index contributed by atoms with van der Waals surface area (Å²) in [6.45, 7) is 2.92. The molecular weight excluding hydrogens is 294 g/mol. The van der Waals surface area contributed by atoms with Crippen LogP contribution in [0.3, 0.4) is 0 Å². The third-order valence-electron chi connectivity index (χ3n) is 3.70. The fourth-order valence-electron chi connectivity index (χ4n) is 2.61. The first-order valence-corrected chi connectivity index (χ1v) is 7.81. The molecule has 0 bridgehead atoms. The summed E-state index contributed by atoms with van der Waals surface area (Å²) in [4.78, 5) is 12.5. The van der Waals surface area contributed by atoms with Gasteiger partial charge in [0.15, 0.2) is 5.11 Å². The molecule has 0 saturated heterocycles. The van der Waals surface area contributed by atoms with Gasteiger partial charge in [0.05, 0.1) is 0 Å². The highest BCUT2D eigenvalue weighted by Gasteiger charge is 2.28. The van der Waals surface area contributed by atoms with Crippen molar-refractivity contribution in [3.8, 4) is 0 Å². The molecule has 0 aromatic heterocycles. The summed E-state index contributed by atoms with van der Waals surface area (Å²) in [5.74, 6) is -0.0596. The molecule has 1 aliphatic carbocycles. The molecule has 0 radical (unpaired) electrons. The number of nitrogens with zero attached hydrogens (tertiary/aromatic N) is 1. The number of Topliss-reactive ketones (excluding diaryl/α,β-unsaturated/α-hetero) is 1. The van der Waals surface area contributed by atoms with Gasteiger partial charge >= 0.3 is 0 Å². The summed E-state index contributed by atoms with van der Waals surface area (Å²) in [6.07, 6.45) is 2.14. The van der Waals surface area contributed by atoms with E-state index in [0.717, 1.165) is 35.7 Å². The van der Waals surface area contributed by atoms with Gasteiger partial charge in [0.1, 0.15) is 5.71 Å². The van der Waals surface area contributed by atoms with E-state index in [0.29, 0.717) is 16.4 Å². The summed E-state index contributed by atoms with van der Waals surface area (Å²) >= 11 is 5.17. The Labute approximate surface area is 134 Å². The Morgan fingerprint density at radius 3 is 2.64 bits per heavy atom. The summed E-state index contributed by atoms with van der Waals surface area (Å²) < 4.78 is 0. The number of carbonyl (C=O) groups excluding carboxylic acids is 1. The molecule has 112 valence electrons. The molecule has 3 rings (SSSR count). The quantitative estimate of drug-likeness (QED) is 0.518. The standard InChI is InChI=1S/C17H17N3OS/c1-2-3-10-18-17(22)20-19-15-12-8-4-6-11-7-5-9-13(14(11)12)16(15)21/h4-9H,2-3,10H2,1H3,(H2,18,20,22)/b19-15+. The predicted molar refractivity (Wildman–Crippen MR) is 93.5 cm³/mol. The molecule has 0 heterocycles. The number of ketones is 1. The first kappa shape index (κ1) is 14.7. The molecule has 22 heavy (non-hydrogen) atoms. The van der Waals surface area contributed by atoms with Gasteiger partial charge in [0.2, 0.25) is 5.78 Å². The zero-order valence-electron chi connectivity index (χ0n) is 12.3. The normalized spacial score (nSPS) is 14.6. The first-order valence-electron chi connectivity index (χ1n) is 7.40. The molecule has 0 fully saturated rings. The van der Waals surface area contributed by atoms with Crippen LogP contribution in [-0.2, 0) is 0 Å². The molecule has 0 aliphatic heterocycles. The highest BCUT2D eigenvalue weighted by atomic mass is 32.1. The maximum atomic E-state index is 12.5. The number of hydrogen-bond acceptors (Lipinski definition) is 3. The minimum absolute atomic E-state index is 0.0596. The molecule has 2 N–H and O–H groups in total. The molecule has 0 unspecified atom stereocenters. The average Bonchev–Trinajstić information content (AvgIpc) is 2.81. The van der Waals surface area contributed by atoms with Gasteiger partial charge in [-0.3, -0.25) is 10.2 Å². The number of nitrogens with one attached hydrogen (secondary N) is 2. The van der Waals surface area contributed by atoms with E-state index in [2.05, 4.69) is 22.8 Å². The molecule has 1 aliphatic rings. The van der Waals surface area contributed by atoms with Crippen molar-refractivity contribution >= 4 is 39.6 Å². The number of hydrogen-bond donors (Lipinski definition) is 2. The first-order chi connectivity index (χ1) is 10.7. The minimum atomic E-state index is -0.0596. The van der Waals surface area contributed by atoms with Gasteiger partial charge in [-0.05, 0) is 24.0 Å². The fraction of sp³-hybridized carbons (Fsp3) is 0.235. The Balaban J connectivity index is 1.85. The van der Waals surface area contributed by atoms with Crippen LogP contribution in [-0.4, -0.2) is 23.2 Å². The van der Waals surface area contributed by atoms with Crippen molar-refractivity contribution in [1.29, 1.82) is 0 Å². The Morgan fingerprint density at radius 1 is 1.18 bits per heavy atom. The second-order valence-electron chi connectivity index (χ2n) is 5.22. The van der Waals surface area contributed by atoms with Crippen LogP contribution < -0.4 is 10.7 Å². The highest BCUT2D eigenvalue weighted by molar-refractivity contribution is 7.80. The van der Waals surface area contributed by atoms with E-state index in [1.54, 1.807) is 0 Å². The van der Waals surface area contributed by atoms with Gasteiger partial charge in [-0.15, -0.1) is 0 Å². The van der Waals surface area contributed by atoms with Crippen LogP contribution in [0.2, 0.25) is 0 Å². The molecule has 0 spiro atoms. The molecule has 0 saturated carbocycles. The largest absolute Gasteiger partial charge is 0.361 e. The van der Waals surface area contributed by atoms with E-state index in [1.807, 2.05) is 36.4 Å². The van der Waals surface area contributed by atoms with E-state index < -0.39 is 0 Å². The molecule has 5 heteroatoms. The number of rotatable bonds is 4. The monoisotopic (exact) mass is 311 g/mol. The summed E-state index contributed by atoms with van der Waals surface area (Å²) in [5, 5.41) is 9.77. The van der Waals surface area contributed by atoms with Gasteiger partial charge in [-0.2, -0.15) is 5.10 Å². The van der Waals surface area contributed by atoms with Crippen molar-refractivity contribution < 1.29 is 4.79 Å². The van der Waals surface area contributed by atoms with E-state index in [9.17, 15) is 4.79 Å². The lowest BCUT2D eigenvalue weighted by molar-refractivity contribution is 0.106. The van der Waals surface area contributed by atoms with Crippen LogP contribution >= 0.6 is 12.2 Å². The second kappa shape index (κ2) is 6.23. The molecular formula is C17H17N3OS. The fourth-order valence-corrected chi connectivity index (χ4v) is 2.76. The van der Waals surface area contributed by atoms with Crippen molar-refractivity contribution in [3.63, 3.8) is 0 Å². The van der Waals surface area contributed by atoms with Crippen molar-refractivity contribution in [2.45, 2.75) is 19.8 Å². The van der Waals surface area contributed by atoms with Crippen LogP contribution in [0.4, 0.5) is 0 Å². The van der Waals surface area contributed by atoms with Crippen molar-refractivity contribution in [2.75, 3.05) is 6.54 Å². The number of unbranched alkanes of at least 4 members (excludes halogenated alkanes) is 1. The molecule has 4 nitrogen and oxygen atoms in total. The number of hydrazone groups is 1. The lowest BCUT2D eigenvalue weighted by atomic mass is 10.1. The van der Waals surface area contributed by atoms with Crippen LogP contribution in [0.25, 0.3) is 10.8 Å². The lowest BCUT2D eigenvalue weighted by Gasteiger charge is -2.06. The summed E-state index contributed by atoms with van der Waals surface area (Å²) in [5.41, 5.74) is 4.77. The minimum Gasteiger partial charge on any atom is -0.361 e. The number of carbonyl (C=O) groups is 1. The third-order valence-corrected chi connectivity index (χ3v) is 3.94. The summed E-state index contributed by atoms with van der Waals surface area (Å²) in [7, 11) is 0. The van der Waals surface area contributed by atoms with Crippen LogP contribution in [0.1, 0.15) is 35.7 Å². The van der Waals surface area contributed by atoms with Crippen LogP contribution in [0.15, 0.2) is 41.5 Å². The molecule has 0 atom stereocenters. The van der Waals surface area contributed by atoms with Crippen molar-refractivity contribution in [2.24, 2.45) is 5.10 Å². The zero-order chi connectivity index (χ0) is 15.5. The predicted octanol–water partition coefficient (Wildman–Crippen LogP) is 3.00. The second-order valence-corrected chi connectivity index (χ2v) is 5.63. The Kier molecular flexibility index (Phi) is 4.15. The van der Waals surface area contributed by atoms with Crippen LogP contribution in [0.5, 0.6) is 0 Å². The topological polar surface area (TPSA) is 53.5 Å². The van der Waals surface area contributed by atoms with Gasteiger partial charge < -0.3 is 5.32 Å². The van der Waals surface area contributed by atoms with E-state index in [1.165, 1.54) is 0 Å². The highest BCUT2D eigenvalue weighted by Crippen LogP contribution is 2.30. The van der Waals surface area contributed by atoms with E-state index in [4.69, 9.17) is 12.2 Å². The summed E-state index contributed by atoms with van der Waals surface area (Å²) in [6, 6.07) is 11.6. The van der Waals surface area contributed by atoms with Gasteiger partial charge in [0.25, 0.3) is 0 Å². The Hall–Kier alpha value is -2.27. The van der Waals surface area contributed by atoms with Gasteiger partial charge in [0, 0.05) is 23.1 Å². The van der Waals surface area contributed by atoms with Crippen molar-refractivity contribution in [1.82, 2.24) is 10.7 Å². The maximum Gasteiger partial charge on any atom is 0.214 e. The van der Waals surface area contributed by atoms with Crippen LogP contribution in [0, 0.1) is 0 Å². The van der Waals surface area contributed by atoms with Crippen molar-refractivity contribution in [3.05, 3.63) is 47.5 Å².